The summed E-state index contributed by atoms with van der Waals surface area (Å²) in [5.74, 6) is 1.34. The van der Waals surface area contributed by atoms with Crippen LogP contribution in [0, 0.1) is 0 Å². The molecule has 0 radical (unpaired) electrons. The Morgan fingerprint density at radius 2 is 2.36 bits per heavy atom. The van der Waals surface area contributed by atoms with Gasteiger partial charge in [-0.05, 0) is 22.0 Å². The molecule has 0 spiro atoms. The lowest BCUT2D eigenvalue weighted by Gasteiger charge is -2.14. The molecule has 1 aliphatic heterocycles. The smallest absolute Gasteiger partial charge is 0.167 e. The summed E-state index contributed by atoms with van der Waals surface area (Å²) in [5.41, 5.74) is 7.29. The lowest BCUT2D eigenvalue weighted by molar-refractivity contribution is 0.112. The molecule has 0 saturated carbocycles. The molecule has 7 heteroatoms. The predicted molar refractivity (Wildman–Crippen MR) is 86.9 cm³/mol. The molecular weight excluding hydrogens is 372 g/mol. The normalized spacial score (nSPS) is 16.0. The number of hydrogen-bond donors (Lipinski definition) is 1. The molecule has 2 aromatic rings. The van der Waals surface area contributed by atoms with Crippen molar-refractivity contribution in [2.24, 2.45) is 0 Å². The van der Waals surface area contributed by atoms with E-state index in [0.29, 0.717) is 29.0 Å². The molecule has 1 aromatic heterocycles. The Hall–Kier alpha value is -1.79. The lowest BCUT2D eigenvalue weighted by atomic mass is 9.97. The Kier molecular flexibility index (Phi) is 4.22. The highest BCUT2D eigenvalue weighted by Crippen LogP contribution is 2.37. The van der Waals surface area contributed by atoms with Gasteiger partial charge in [-0.15, -0.1) is 0 Å². The number of hydrogen-bond acceptors (Lipinski definition) is 5. The van der Waals surface area contributed by atoms with Crippen molar-refractivity contribution in [1.29, 1.82) is 0 Å². The van der Waals surface area contributed by atoms with E-state index in [4.69, 9.17) is 26.8 Å². The molecule has 0 amide bonds. The molecule has 0 aliphatic carbocycles. The highest BCUT2D eigenvalue weighted by atomic mass is 79.9. The molecule has 2 heterocycles. The van der Waals surface area contributed by atoms with Crippen molar-refractivity contribution in [3.63, 3.8) is 0 Å². The standard InChI is InChI=1S/C15H12BrClN2O3/c16-10-4-12(15(18)19-14(10)17)22-7-9-6-21-11-3-1-2-8(5-20)13(9)11/h1-5,9H,6-7H2,(H2,18,19). The van der Waals surface area contributed by atoms with E-state index in [9.17, 15) is 4.79 Å². The molecule has 5 nitrogen and oxygen atoms in total. The van der Waals surface area contributed by atoms with Gasteiger partial charge in [-0.25, -0.2) is 4.98 Å². The maximum Gasteiger partial charge on any atom is 0.167 e. The molecule has 22 heavy (non-hydrogen) atoms. The fourth-order valence-electron chi connectivity index (χ4n) is 2.40. The van der Waals surface area contributed by atoms with Gasteiger partial charge in [0, 0.05) is 17.2 Å². The summed E-state index contributed by atoms with van der Waals surface area (Å²) in [6, 6.07) is 7.08. The van der Waals surface area contributed by atoms with Gasteiger partial charge in [0.05, 0.1) is 23.6 Å². The minimum absolute atomic E-state index is 0.0368. The number of halogens is 2. The van der Waals surface area contributed by atoms with Crippen molar-refractivity contribution in [1.82, 2.24) is 4.98 Å². The number of fused-ring (bicyclic) bond motifs is 1. The summed E-state index contributed by atoms with van der Waals surface area (Å²) in [7, 11) is 0. The van der Waals surface area contributed by atoms with Gasteiger partial charge >= 0.3 is 0 Å². The highest BCUT2D eigenvalue weighted by Gasteiger charge is 2.27. The van der Waals surface area contributed by atoms with Crippen LogP contribution in [0.3, 0.4) is 0 Å². The minimum atomic E-state index is -0.0368. The van der Waals surface area contributed by atoms with Crippen LogP contribution in [0.1, 0.15) is 21.8 Å². The molecule has 0 saturated heterocycles. The van der Waals surface area contributed by atoms with E-state index in [0.717, 1.165) is 17.6 Å². The number of nitrogens with two attached hydrogens (primary N) is 1. The Morgan fingerprint density at radius 3 is 3.14 bits per heavy atom. The first-order chi connectivity index (χ1) is 10.6. The molecule has 1 aliphatic rings. The third-order valence-electron chi connectivity index (χ3n) is 3.44. The van der Waals surface area contributed by atoms with Crippen molar-refractivity contribution in [2.75, 3.05) is 18.9 Å². The van der Waals surface area contributed by atoms with Crippen molar-refractivity contribution in [3.05, 3.63) is 45.0 Å². The van der Waals surface area contributed by atoms with Gasteiger partial charge in [-0.1, -0.05) is 23.7 Å². The Morgan fingerprint density at radius 1 is 1.55 bits per heavy atom. The number of rotatable bonds is 4. The van der Waals surface area contributed by atoms with Gasteiger partial charge in [0.2, 0.25) is 0 Å². The first-order valence-corrected chi connectivity index (χ1v) is 7.72. The molecule has 0 fully saturated rings. The molecule has 114 valence electrons. The van der Waals surface area contributed by atoms with Crippen LogP contribution in [0.4, 0.5) is 5.82 Å². The maximum atomic E-state index is 11.2. The van der Waals surface area contributed by atoms with Gasteiger partial charge in [-0.2, -0.15) is 0 Å². The first-order valence-electron chi connectivity index (χ1n) is 6.55. The average molecular weight is 384 g/mol. The van der Waals surface area contributed by atoms with E-state index >= 15 is 0 Å². The van der Waals surface area contributed by atoms with Gasteiger partial charge in [0.15, 0.2) is 11.6 Å². The second-order valence-corrected chi connectivity index (χ2v) is 6.05. The highest BCUT2D eigenvalue weighted by molar-refractivity contribution is 9.10. The van der Waals surface area contributed by atoms with Crippen LogP contribution in [-0.2, 0) is 0 Å². The molecule has 1 unspecified atom stereocenters. The van der Waals surface area contributed by atoms with Crippen molar-refractivity contribution in [3.8, 4) is 11.5 Å². The second-order valence-electron chi connectivity index (χ2n) is 4.84. The summed E-state index contributed by atoms with van der Waals surface area (Å²) in [5, 5.41) is 0.280. The van der Waals surface area contributed by atoms with Crippen LogP contribution in [-0.4, -0.2) is 24.5 Å². The van der Waals surface area contributed by atoms with E-state index in [1.807, 2.05) is 6.07 Å². The molecule has 2 N–H and O–H groups in total. The van der Waals surface area contributed by atoms with Crippen molar-refractivity contribution < 1.29 is 14.3 Å². The number of nitrogen functional groups attached to an aromatic ring is 1. The summed E-state index contributed by atoms with van der Waals surface area (Å²) < 4.78 is 11.9. The van der Waals surface area contributed by atoms with E-state index < -0.39 is 0 Å². The predicted octanol–water partition coefficient (Wildman–Crippen LogP) is 3.45. The number of pyridine rings is 1. The fraction of sp³-hybridized carbons (Fsp3) is 0.200. The van der Waals surface area contributed by atoms with Crippen LogP contribution in [0.2, 0.25) is 5.15 Å². The molecule has 1 aromatic carbocycles. The number of aromatic nitrogens is 1. The first kappa shape index (κ1) is 15.1. The summed E-state index contributed by atoms with van der Waals surface area (Å²) >= 11 is 9.15. The van der Waals surface area contributed by atoms with Gasteiger partial charge in [0.1, 0.15) is 17.2 Å². The zero-order valence-electron chi connectivity index (χ0n) is 11.4. The third-order valence-corrected chi connectivity index (χ3v) is 4.56. The summed E-state index contributed by atoms with van der Waals surface area (Å²) in [6.45, 7) is 0.792. The van der Waals surface area contributed by atoms with Crippen molar-refractivity contribution >= 4 is 39.6 Å². The zero-order chi connectivity index (χ0) is 15.7. The van der Waals surface area contributed by atoms with Crippen molar-refractivity contribution in [2.45, 2.75) is 5.92 Å². The molecule has 0 bridgehead atoms. The summed E-state index contributed by atoms with van der Waals surface area (Å²) in [6.07, 6.45) is 0.829. The quantitative estimate of drug-likeness (QED) is 0.646. The van der Waals surface area contributed by atoms with E-state index in [2.05, 4.69) is 20.9 Å². The number of aldehydes is 1. The summed E-state index contributed by atoms with van der Waals surface area (Å²) in [4.78, 5) is 15.2. The van der Waals surface area contributed by atoms with Crippen LogP contribution < -0.4 is 15.2 Å². The number of nitrogens with zero attached hydrogens (tertiary/aromatic N) is 1. The van der Waals surface area contributed by atoms with Gasteiger partial charge in [-0.3, -0.25) is 4.79 Å². The van der Waals surface area contributed by atoms with Crippen LogP contribution in [0.15, 0.2) is 28.7 Å². The second kappa shape index (κ2) is 6.14. The average Bonchev–Trinajstić information content (AvgIpc) is 2.93. The Bertz CT molecular complexity index is 739. The monoisotopic (exact) mass is 382 g/mol. The number of benzene rings is 1. The largest absolute Gasteiger partial charge is 0.492 e. The minimum Gasteiger partial charge on any atom is -0.492 e. The van der Waals surface area contributed by atoms with Crippen LogP contribution in [0.5, 0.6) is 11.5 Å². The molecular formula is C15H12BrClN2O3. The van der Waals surface area contributed by atoms with E-state index in [1.54, 1.807) is 18.2 Å². The SMILES string of the molecule is Nc1nc(Cl)c(Br)cc1OCC1COc2cccc(C=O)c21. The fourth-order valence-corrected chi connectivity index (χ4v) is 2.84. The number of anilines is 1. The lowest BCUT2D eigenvalue weighted by Crippen LogP contribution is -2.14. The number of carbonyl (C=O) groups is 1. The topological polar surface area (TPSA) is 74.4 Å². The zero-order valence-corrected chi connectivity index (χ0v) is 13.7. The third kappa shape index (κ3) is 2.76. The van der Waals surface area contributed by atoms with E-state index in [1.165, 1.54) is 0 Å². The van der Waals surface area contributed by atoms with Crippen LogP contribution in [0.25, 0.3) is 0 Å². The molecule has 1 atom stereocenters. The molecule has 3 rings (SSSR count). The van der Waals surface area contributed by atoms with Gasteiger partial charge in [0.25, 0.3) is 0 Å². The van der Waals surface area contributed by atoms with Gasteiger partial charge < -0.3 is 15.2 Å². The van der Waals surface area contributed by atoms with E-state index in [-0.39, 0.29) is 16.9 Å². The Labute approximate surface area is 140 Å². The Balaban J connectivity index is 1.80. The number of ether oxygens (including phenoxy) is 2. The maximum absolute atomic E-state index is 11.2. The number of carbonyl (C=O) groups excluding carboxylic acids is 1. The van der Waals surface area contributed by atoms with Crippen LogP contribution >= 0.6 is 27.5 Å².